The van der Waals surface area contributed by atoms with E-state index in [1.54, 1.807) is 0 Å². The SMILES string of the molecule is CN(Cc1cccc(C#N)c1)C1CCCOC1. The second-order valence-corrected chi connectivity index (χ2v) is 4.60. The van der Waals surface area contributed by atoms with E-state index in [0.29, 0.717) is 6.04 Å². The van der Waals surface area contributed by atoms with Crippen molar-refractivity contribution in [2.24, 2.45) is 0 Å². The Kier molecular flexibility index (Phi) is 4.13. The van der Waals surface area contributed by atoms with Gasteiger partial charge in [0.2, 0.25) is 0 Å². The fraction of sp³-hybridized carbons (Fsp3) is 0.500. The Labute approximate surface area is 103 Å². The van der Waals surface area contributed by atoms with Gasteiger partial charge in [0.25, 0.3) is 0 Å². The molecular formula is C14H18N2O. The largest absolute Gasteiger partial charge is 0.380 e. The molecule has 0 bridgehead atoms. The van der Waals surface area contributed by atoms with Gasteiger partial charge in [-0.05, 0) is 37.6 Å². The predicted octanol–water partition coefficient (Wildman–Crippen LogP) is 2.17. The molecular weight excluding hydrogens is 212 g/mol. The number of likely N-dealkylation sites (N-methyl/N-ethyl adjacent to an activating group) is 1. The van der Waals surface area contributed by atoms with Crippen molar-refractivity contribution < 1.29 is 4.74 Å². The maximum absolute atomic E-state index is 8.86. The maximum Gasteiger partial charge on any atom is 0.0991 e. The zero-order valence-electron chi connectivity index (χ0n) is 10.2. The van der Waals surface area contributed by atoms with Crippen LogP contribution in [0.4, 0.5) is 0 Å². The van der Waals surface area contributed by atoms with Crippen molar-refractivity contribution in [2.75, 3.05) is 20.3 Å². The van der Waals surface area contributed by atoms with Crippen molar-refractivity contribution in [1.29, 1.82) is 5.26 Å². The van der Waals surface area contributed by atoms with E-state index in [0.717, 1.165) is 31.7 Å². The van der Waals surface area contributed by atoms with Crippen LogP contribution in [-0.4, -0.2) is 31.2 Å². The topological polar surface area (TPSA) is 36.3 Å². The van der Waals surface area contributed by atoms with Gasteiger partial charge in [0, 0.05) is 19.2 Å². The molecule has 1 aliphatic rings. The van der Waals surface area contributed by atoms with E-state index in [9.17, 15) is 0 Å². The van der Waals surface area contributed by atoms with Crippen molar-refractivity contribution in [2.45, 2.75) is 25.4 Å². The number of nitriles is 1. The highest BCUT2D eigenvalue weighted by molar-refractivity contribution is 5.32. The molecule has 1 heterocycles. The first-order valence-corrected chi connectivity index (χ1v) is 6.06. The van der Waals surface area contributed by atoms with Crippen LogP contribution in [0.1, 0.15) is 24.0 Å². The van der Waals surface area contributed by atoms with Crippen LogP contribution in [0.2, 0.25) is 0 Å². The Morgan fingerprint density at radius 2 is 2.41 bits per heavy atom. The van der Waals surface area contributed by atoms with Gasteiger partial charge in [-0.15, -0.1) is 0 Å². The smallest absolute Gasteiger partial charge is 0.0991 e. The minimum atomic E-state index is 0.509. The lowest BCUT2D eigenvalue weighted by Gasteiger charge is -2.31. The van der Waals surface area contributed by atoms with Gasteiger partial charge in [-0.25, -0.2) is 0 Å². The number of hydrogen-bond donors (Lipinski definition) is 0. The summed E-state index contributed by atoms with van der Waals surface area (Å²) in [5.74, 6) is 0. The van der Waals surface area contributed by atoms with Crippen molar-refractivity contribution >= 4 is 0 Å². The molecule has 1 aliphatic heterocycles. The van der Waals surface area contributed by atoms with Crippen LogP contribution in [0.15, 0.2) is 24.3 Å². The number of rotatable bonds is 3. The molecule has 1 aromatic rings. The first-order chi connectivity index (χ1) is 8.29. The molecule has 2 rings (SSSR count). The molecule has 0 aromatic heterocycles. The molecule has 1 aromatic carbocycles. The van der Waals surface area contributed by atoms with Crippen LogP contribution < -0.4 is 0 Å². The number of hydrogen-bond acceptors (Lipinski definition) is 3. The van der Waals surface area contributed by atoms with Gasteiger partial charge >= 0.3 is 0 Å². The molecule has 1 unspecified atom stereocenters. The zero-order chi connectivity index (χ0) is 12.1. The van der Waals surface area contributed by atoms with Crippen molar-refractivity contribution in [3.05, 3.63) is 35.4 Å². The van der Waals surface area contributed by atoms with E-state index in [1.165, 1.54) is 12.0 Å². The maximum atomic E-state index is 8.86. The highest BCUT2D eigenvalue weighted by Gasteiger charge is 2.18. The van der Waals surface area contributed by atoms with Gasteiger partial charge in [-0.1, -0.05) is 12.1 Å². The summed E-state index contributed by atoms with van der Waals surface area (Å²) in [6.07, 6.45) is 2.35. The minimum absolute atomic E-state index is 0.509. The molecule has 90 valence electrons. The third kappa shape index (κ3) is 3.29. The summed E-state index contributed by atoms with van der Waals surface area (Å²) >= 11 is 0. The summed E-state index contributed by atoms with van der Waals surface area (Å²) in [6, 6.07) is 10.5. The highest BCUT2D eigenvalue weighted by atomic mass is 16.5. The molecule has 0 aliphatic carbocycles. The van der Waals surface area contributed by atoms with Crippen molar-refractivity contribution in [3.8, 4) is 6.07 Å². The fourth-order valence-corrected chi connectivity index (χ4v) is 2.23. The number of nitrogens with zero attached hydrogens (tertiary/aromatic N) is 2. The Morgan fingerprint density at radius 1 is 1.53 bits per heavy atom. The molecule has 17 heavy (non-hydrogen) atoms. The van der Waals surface area contributed by atoms with Gasteiger partial charge in [0.1, 0.15) is 0 Å². The first kappa shape index (κ1) is 12.1. The normalized spacial score (nSPS) is 20.2. The number of ether oxygens (including phenoxy) is 1. The van der Waals surface area contributed by atoms with E-state index in [4.69, 9.17) is 10.00 Å². The Bertz CT molecular complexity index is 405. The molecule has 0 saturated carbocycles. The minimum Gasteiger partial charge on any atom is -0.380 e. The molecule has 1 fully saturated rings. The van der Waals surface area contributed by atoms with Crippen LogP contribution in [0.25, 0.3) is 0 Å². The lowest BCUT2D eigenvalue weighted by molar-refractivity contribution is 0.0250. The molecule has 0 radical (unpaired) electrons. The number of benzene rings is 1. The standard InChI is InChI=1S/C14H18N2O/c1-16(14-6-3-7-17-11-14)10-13-5-2-4-12(8-13)9-15/h2,4-5,8,14H,3,6-7,10-11H2,1H3. The summed E-state index contributed by atoms with van der Waals surface area (Å²) in [7, 11) is 2.12. The molecule has 0 amide bonds. The predicted molar refractivity (Wildman–Crippen MR) is 66.5 cm³/mol. The van der Waals surface area contributed by atoms with Crippen molar-refractivity contribution in [1.82, 2.24) is 4.90 Å². The van der Waals surface area contributed by atoms with E-state index in [2.05, 4.69) is 24.1 Å². The Balaban J connectivity index is 1.97. The monoisotopic (exact) mass is 230 g/mol. The summed E-state index contributed by atoms with van der Waals surface area (Å²) < 4.78 is 5.49. The summed E-state index contributed by atoms with van der Waals surface area (Å²) in [6.45, 7) is 2.60. The molecule has 3 nitrogen and oxygen atoms in total. The van der Waals surface area contributed by atoms with E-state index < -0.39 is 0 Å². The van der Waals surface area contributed by atoms with Crippen molar-refractivity contribution in [3.63, 3.8) is 0 Å². The van der Waals surface area contributed by atoms with Crippen LogP contribution >= 0.6 is 0 Å². The second-order valence-electron chi connectivity index (χ2n) is 4.60. The first-order valence-electron chi connectivity index (χ1n) is 6.06. The molecule has 0 spiro atoms. The van der Waals surface area contributed by atoms with E-state index in [-0.39, 0.29) is 0 Å². The van der Waals surface area contributed by atoms with Gasteiger partial charge in [-0.2, -0.15) is 5.26 Å². The summed E-state index contributed by atoms with van der Waals surface area (Å²) in [4.78, 5) is 2.32. The quantitative estimate of drug-likeness (QED) is 0.798. The summed E-state index contributed by atoms with van der Waals surface area (Å²) in [5.41, 5.74) is 1.92. The Morgan fingerprint density at radius 3 is 3.12 bits per heavy atom. The van der Waals surface area contributed by atoms with Gasteiger partial charge in [-0.3, -0.25) is 4.90 Å². The van der Waals surface area contributed by atoms with Crippen LogP contribution in [0.3, 0.4) is 0 Å². The fourth-order valence-electron chi connectivity index (χ4n) is 2.23. The zero-order valence-corrected chi connectivity index (χ0v) is 10.2. The average Bonchev–Trinajstić information content (AvgIpc) is 2.40. The Hall–Kier alpha value is -1.37. The second kappa shape index (κ2) is 5.81. The highest BCUT2D eigenvalue weighted by Crippen LogP contribution is 2.15. The lowest BCUT2D eigenvalue weighted by atomic mass is 10.1. The average molecular weight is 230 g/mol. The molecule has 1 saturated heterocycles. The van der Waals surface area contributed by atoms with Gasteiger partial charge in [0.15, 0.2) is 0 Å². The molecule has 0 N–H and O–H groups in total. The van der Waals surface area contributed by atoms with Crippen LogP contribution in [-0.2, 0) is 11.3 Å². The lowest BCUT2D eigenvalue weighted by Crippen LogP contribution is -2.37. The molecule has 1 atom stereocenters. The third-order valence-corrected chi connectivity index (χ3v) is 3.25. The van der Waals surface area contributed by atoms with Gasteiger partial charge < -0.3 is 4.74 Å². The van der Waals surface area contributed by atoms with E-state index in [1.807, 2.05) is 18.2 Å². The third-order valence-electron chi connectivity index (χ3n) is 3.25. The molecule has 3 heteroatoms. The van der Waals surface area contributed by atoms with Crippen LogP contribution in [0, 0.1) is 11.3 Å². The summed E-state index contributed by atoms with van der Waals surface area (Å²) in [5, 5.41) is 8.86. The van der Waals surface area contributed by atoms with Crippen LogP contribution in [0.5, 0.6) is 0 Å². The van der Waals surface area contributed by atoms with E-state index >= 15 is 0 Å². The van der Waals surface area contributed by atoms with Gasteiger partial charge in [0.05, 0.1) is 18.2 Å².